The van der Waals surface area contributed by atoms with Crippen molar-refractivity contribution in [3.05, 3.63) is 54.1 Å². The van der Waals surface area contributed by atoms with Crippen molar-refractivity contribution in [1.29, 1.82) is 0 Å². The third-order valence-electron chi connectivity index (χ3n) is 5.71. The van der Waals surface area contributed by atoms with Gasteiger partial charge < -0.3 is 19.3 Å². The number of esters is 1. The van der Waals surface area contributed by atoms with Crippen LogP contribution in [0.25, 0.3) is 0 Å². The Morgan fingerprint density at radius 3 is 2.29 bits per heavy atom. The molecule has 0 radical (unpaired) electrons. The minimum absolute atomic E-state index is 0.276. The fourth-order valence-electron chi connectivity index (χ4n) is 3.94. The summed E-state index contributed by atoms with van der Waals surface area (Å²) in [7, 11) is 5.31. The lowest BCUT2D eigenvalue weighted by Gasteiger charge is -2.37. The number of fused-ring (bicyclic) bond motifs is 1. The zero-order valence-corrected chi connectivity index (χ0v) is 21.4. The summed E-state index contributed by atoms with van der Waals surface area (Å²) in [5.74, 6) is -1.99. The highest BCUT2D eigenvalue weighted by Crippen LogP contribution is 2.52. The molecule has 2 aromatic carbocycles. The highest BCUT2D eigenvalue weighted by atomic mass is 32.2. The normalized spacial score (nSPS) is 19.7. The first-order valence-electron chi connectivity index (χ1n) is 11.2. The number of carbonyl (C=O) groups excluding carboxylic acids is 4. The summed E-state index contributed by atoms with van der Waals surface area (Å²) in [5, 5.41) is -0.889. The van der Waals surface area contributed by atoms with Gasteiger partial charge in [0.15, 0.2) is 5.78 Å². The van der Waals surface area contributed by atoms with Gasteiger partial charge in [0.05, 0.1) is 18.0 Å². The number of hydrogen-bond acceptors (Lipinski definition) is 8. The van der Waals surface area contributed by atoms with Crippen LogP contribution >= 0.6 is 11.8 Å². The third-order valence-corrected chi connectivity index (χ3v) is 7.15. The first-order valence-corrected chi connectivity index (χ1v) is 12.1. The number of rotatable bonds is 9. The highest BCUT2D eigenvalue weighted by Gasteiger charge is 2.58. The summed E-state index contributed by atoms with van der Waals surface area (Å²) in [4.78, 5) is 56.4. The number of benzene rings is 2. The zero-order chi connectivity index (χ0) is 25.8. The van der Waals surface area contributed by atoms with Crippen molar-refractivity contribution in [2.75, 3.05) is 39.2 Å². The molecule has 1 heterocycles. The maximum absolute atomic E-state index is 14.3. The van der Waals surface area contributed by atoms with Crippen molar-refractivity contribution in [2.24, 2.45) is 0 Å². The molecule has 1 aliphatic rings. The van der Waals surface area contributed by atoms with Gasteiger partial charge in [-0.3, -0.25) is 19.2 Å². The summed E-state index contributed by atoms with van der Waals surface area (Å²) in [6.07, 6.45) is -0.535. The van der Waals surface area contributed by atoms with E-state index < -0.39 is 40.7 Å². The van der Waals surface area contributed by atoms with E-state index in [1.54, 1.807) is 31.4 Å². The van der Waals surface area contributed by atoms with Crippen LogP contribution in [0.4, 0.5) is 5.69 Å². The van der Waals surface area contributed by atoms with E-state index in [4.69, 9.17) is 9.47 Å². The summed E-state index contributed by atoms with van der Waals surface area (Å²) >= 11 is 1.28. The van der Waals surface area contributed by atoms with E-state index in [1.165, 1.54) is 30.5 Å². The van der Waals surface area contributed by atoms with Gasteiger partial charge in [0.1, 0.15) is 18.0 Å². The lowest BCUT2D eigenvalue weighted by atomic mass is 9.87. The van der Waals surface area contributed by atoms with E-state index in [0.29, 0.717) is 23.5 Å². The average Bonchev–Trinajstić information content (AvgIpc) is 2.90. The van der Waals surface area contributed by atoms with Gasteiger partial charge >= 0.3 is 5.97 Å². The number of thioether (sulfide) groups is 1. The molecule has 1 aliphatic heterocycles. The molecule has 2 atom stereocenters. The molecule has 0 unspecified atom stereocenters. The van der Waals surface area contributed by atoms with E-state index in [-0.39, 0.29) is 6.54 Å². The number of carbonyl (C=O) groups is 4. The number of amides is 1. The summed E-state index contributed by atoms with van der Waals surface area (Å²) in [6.45, 7) is 3.30. The Bertz CT molecular complexity index is 1120. The fourth-order valence-corrected chi connectivity index (χ4v) is 5.42. The second kappa shape index (κ2) is 11.0. The predicted molar refractivity (Wildman–Crippen MR) is 134 cm³/mol. The standard InChI is InChI=1S/C26H30N2O6S/c1-17(29)16-23(31)34-26(18(2)30)24(19-10-12-20(33-5)13-11-19)35-22-9-7-6-8-21(22)28(25(26)32)15-14-27(3)4/h6-13,24H,14-16H2,1-5H3/t24-,26+/m0/s1. The maximum atomic E-state index is 14.3. The Morgan fingerprint density at radius 1 is 1.06 bits per heavy atom. The number of likely N-dealkylation sites (N-methyl/N-ethyl adjacent to an activating group) is 1. The van der Waals surface area contributed by atoms with Crippen LogP contribution in [0.1, 0.15) is 31.1 Å². The monoisotopic (exact) mass is 498 g/mol. The minimum Gasteiger partial charge on any atom is -0.497 e. The number of para-hydroxylation sites is 1. The molecule has 0 spiro atoms. The quantitative estimate of drug-likeness (QED) is 0.384. The van der Waals surface area contributed by atoms with Crippen LogP contribution in [0.5, 0.6) is 5.75 Å². The highest BCUT2D eigenvalue weighted by molar-refractivity contribution is 7.99. The van der Waals surface area contributed by atoms with Gasteiger partial charge in [-0.1, -0.05) is 24.3 Å². The maximum Gasteiger partial charge on any atom is 0.314 e. The Morgan fingerprint density at radius 2 is 1.71 bits per heavy atom. The molecule has 0 N–H and O–H groups in total. The number of nitrogens with zero attached hydrogens (tertiary/aromatic N) is 2. The van der Waals surface area contributed by atoms with E-state index in [9.17, 15) is 19.2 Å². The summed E-state index contributed by atoms with van der Waals surface area (Å²) in [5.41, 5.74) is -0.926. The van der Waals surface area contributed by atoms with Gasteiger partial charge in [-0.05, 0) is 57.8 Å². The van der Waals surface area contributed by atoms with Crippen molar-refractivity contribution in [3.8, 4) is 5.75 Å². The molecule has 1 amide bonds. The molecular weight excluding hydrogens is 468 g/mol. The second-order valence-corrected chi connectivity index (χ2v) is 9.79. The molecule has 0 saturated carbocycles. The molecule has 2 aromatic rings. The van der Waals surface area contributed by atoms with E-state index >= 15 is 0 Å². The molecule has 3 rings (SSSR count). The number of methoxy groups -OCH3 is 1. The smallest absolute Gasteiger partial charge is 0.314 e. The third kappa shape index (κ3) is 5.57. The van der Waals surface area contributed by atoms with Crippen LogP contribution in [0.3, 0.4) is 0 Å². The van der Waals surface area contributed by atoms with Gasteiger partial charge in [-0.25, -0.2) is 0 Å². The lowest BCUT2D eigenvalue weighted by molar-refractivity contribution is -0.173. The van der Waals surface area contributed by atoms with Crippen molar-refractivity contribution in [3.63, 3.8) is 0 Å². The molecule has 35 heavy (non-hydrogen) atoms. The van der Waals surface area contributed by atoms with Crippen molar-refractivity contribution in [1.82, 2.24) is 4.90 Å². The summed E-state index contributed by atoms with van der Waals surface area (Å²) < 4.78 is 11.0. The van der Waals surface area contributed by atoms with Crippen molar-refractivity contribution in [2.45, 2.75) is 36.0 Å². The lowest BCUT2D eigenvalue weighted by Crippen LogP contribution is -2.59. The Balaban J connectivity index is 2.25. The number of ketones is 2. The van der Waals surface area contributed by atoms with Crippen molar-refractivity contribution >= 4 is 40.9 Å². The molecular formula is C26H30N2O6S. The molecule has 0 saturated heterocycles. The van der Waals surface area contributed by atoms with Gasteiger partial charge in [-0.2, -0.15) is 0 Å². The first-order chi connectivity index (χ1) is 16.6. The molecule has 0 aliphatic carbocycles. The van der Waals surface area contributed by atoms with Crippen LogP contribution in [0.2, 0.25) is 0 Å². The second-order valence-electron chi connectivity index (χ2n) is 8.64. The van der Waals surface area contributed by atoms with Gasteiger partial charge in [-0.15, -0.1) is 11.8 Å². The van der Waals surface area contributed by atoms with Crippen molar-refractivity contribution < 1.29 is 28.7 Å². The van der Waals surface area contributed by atoms with Gasteiger partial charge in [0.2, 0.25) is 0 Å². The fraction of sp³-hybridized carbons (Fsp3) is 0.385. The average molecular weight is 499 g/mol. The van der Waals surface area contributed by atoms with Crippen LogP contribution in [-0.2, 0) is 23.9 Å². The van der Waals surface area contributed by atoms with Gasteiger partial charge in [0.25, 0.3) is 11.5 Å². The van der Waals surface area contributed by atoms with E-state index in [2.05, 4.69) is 0 Å². The number of hydrogen-bond donors (Lipinski definition) is 0. The topological polar surface area (TPSA) is 93.2 Å². The SMILES string of the molecule is COc1ccc([C@@H]2Sc3ccccc3N(CCN(C)C)C(=O)[C@@]2(OC(=O)CC(C)=O)C(C)=O)cc1. The van der Waals surface area contributed by atoms with Crippen LogP contribution in [0, 0.1) is 0 Å². The molecule has 8 nitrogen and oxygen atoms in total. The molecule has 186 valence electrons. The molecule has 0 bridgehead atoms. The largest absolute Gasteiger partial charge is 0.497 e. The zero-order valence-electron chi connectivity index (χ0n) is 20.6. The predicted octanol–water partition coefficient (Wildman–Crippen LogP) is 3.29. The first kappa shape index (κ1) is 26.4. The number of anilines is 1. The number of Topliss-reactive ketones (excluding diaryl/α,β-unsaturated/α-hetero) is 2. The molecule has 0 aromatic heterocycles. The minimum atomic E-state index is -2.17. The Hall–Kier alpha value is -3.17. The van der Waals surface area contributed by atoms with Gasteiger partial charge in [0, 0.05) is 18.0 Å². The number of ether oxygens (including phenoxy) is 2. The molecule has 9 heteroatoms. The Kier molecular flexibility index (Phi) is 8.34. The van der Waals surface area contributed by atoms with Crippen LogP contribution < -0.4 is 9.64 Å². The van der Waals surface area contributed by atoms with Crippen LogP contribution in [-0.4, -0.2) is 68.2 Å². The Labute approximate surface area is 209 Å². The summed E-state index contributed by atoms with van der Waals surface area (Å²) in [6, 6.07) is 14.3. The molecule has 0 fully saturated rings. The van der Waals surface area contributed by atoms with Crippen LogP contribution in [0.15, 0.2) is 53.4 Å². The van der Waals surface area contributed by atoms with E-state index in [1.807, 2.05) is 43.3 Å². The van der Waals surface area contributed by atoms with E-state index in [0.717, 1.165) is 4.90 Å².